The molecule has 0 bridgehead atoms. The first-order valence-corrected chi connectivity index (χ1v) is 5.99. The van der Waals surface area contributed by atoms with E-state index in [1.54, 1.807) is 6.07 Å². The molecule has 4 heteroatoms. The molecular weight excluding hydrogens is 212 g/mol. The topological polar surface area (TPSA) is 60.7 Å². The molecule has 1 saturated heterocycles. The van der Waals surface area contributed by atoms with Gasteiger partial charge in [-0.1, -0.05) is 0 Å². The second kappa shape index (κ2) is 4.72. The van der Waals surface area contributed by atoms with Gasteiger partial charge in [0.25, 0.3) is 0 Å². The van der Waals surface area contributed by atoms with E-state index >= 15 is 0 Å². The lowest BCUT2D eigenvalue weighted by Crippen LogP contribution is -2.45. The number of anilines is 1. The first kappa shape index (κ1) is 11.9. The van der Waals surface area contributed by atoms with Crippen molar-refractivity contribution in [2.45, 2.75) is 32.2 Å². The Labute approximate surface area is 102 Å². The molecule has 0 unspecified atom stereocenters. The molecular formula is C13H18N4. The monoisotopic (exact) mass is 230 g/mol. The number of nitrogens with one attached hydrogen (secondary N) is 2. The number of pyridine rings is 1. The number of hydrogen-bond donors (Lipinski definition) is 2. The van der Waals surface area contributed by atoms with Gasteiger partial charge in [-0.05, 0) is 51.9 Å². The van der Waals surface area contributed by atoms with Crippen LogP contribution in [0.2, 0.25) is 0 Å². The molecule has 0 spiro atoms. The summed E-state index contributed by atoms with van der Waals surface area (Å²) >= 11 is 0. The number of piperidine rings is 1. The first-order valence-electron chi connectivity index (χ1n) is 5.99. The fraction of sp³-hybridized carbons (Fsp3) is 0.538. The summed E-state index contributed by atoms with van der Waals surface area (Å²) in [4.78, 5) is 4.44. The Morgan fingerprint density at radius 2 is 2.12 bits per heavy atom. The summed E-state index contributed by atoms with van der Waals surface area (Å²) in [6.07, 6.45) is 2.15. The van der Waals surface area contributed by atoms with Gasteiger partial charge in [0.05, 0.1) is 11.6 Å². The van der Waals surface area contributed by atoms with E-state index < -0.39 is 0 Å². The molecule has 0 radical (unpaired) electrons. The van der Waals surface area contributed by atoms with Crippen LogP contribution >= 0.6 is 0 Å². The van der Waals surface area contributed by atoms with Gasteiger partial charge in [0.15, 0.2) is 0 Å². The third kappa shape index (κ3) is 2.95. The van der Waals surface area contributed by atoms with Crippen molar-refractivity contribution in [1.82, 2.24) is 10.3 Å². The standard InChI is InChI=1S/C13H18N4/c1-10-7-11(9-14)8-12(16-10)17-13(2)3-5-15-6-4-13/h7-8,15H,3-6H2,1-2H3,(H,16,17). The normalized spacial score (nSPS) is 18.4. The minimum absolute atomic E-state index is 0.0821. The molecule has 2 heterocycles. The van der Waals surface area contributed by atoms with Gasteiger partial charge in [-0.3, -0.25) is 0 Å². The predicted molar refractivity (Wildman–Crippen MR) is 67.8 cm³/mol. The molecule has 2 N–H and O–H groups in total. The molecule has 4 nitrogen and oxygen atoms in total. The van der Waals surface area contributed by atoms with Crippen molar-refractivity contribution >= 4 is 5.82 Å². The smallest absolute Gasteiger partial charge is 0.127 e. The summed E-state index contributed by atoms with van der Waals surface area (Å²) in [5.74, 6) is 0.811. The molecule has 17 heavy (non-hydrogen) atoms. The largest absolute Gasteiger partial charge is 0.365 e. The maximum absolute atomic E-state index is 8.94. The van der Waals surface area contributed by atoms with Crippen molar-refractivity contribution in [2.75, 3.05) is 18.4 Å². The van der Waals surface area contributed by atoms with Crippen molar-refractivity contribution in [3.05, 3.63) is 23.4 Å². The molecule has 1 aromatic heterocycles. The Hall–Kier alpha value is -1.60. The van der Waals surface area contributed by atoms with Gasteiger partial charge in [-0.15, -0.1) is 0 Å². The zero-order valence-electron chi connectivity index (χ0n) is 10.4. The minimum atomic E-state index is 0.0821. The molecule has 0 amide bonds. The van der Waals surface area contributed by atoms with Crippen LogP contribution < -0.4 is 10.6 Å². The van der Waals surface area contributed by atoms with Crippen LogP contribution in [0.5, 0.6) is 0 Å². The van der Waals surface area contributed by atoms with Gasteiger partial charge in [0, 0.05) is 11.2 Å². The Morgan fingerprint density at radius 1 is 1.41 bits per heavy atom. The van der Waals surface area contributed by atoms with Crippen molar-refractivity contribution < 1.29 is 0 Å². The van der Waals surface area contributed by atoms with Crippen LogP contribution in [0.3, 0.4) is 0 Å². The lowest BCUT2D eigenvalue weighted by Gasteiger charge is -2.35. The van der Waals surface area contributed by atoms with E-state index in [2.05, 4.69) is 28.6 Å². The van der Waals surface area contributed by atoms with Gasteiger partial charge < -0.3 is 10.6 Å². The number of aryl methyl sites for hydroxylation is 1. The number of rotatable bonds is 2. The van der Waals surface area contributed by atoms with Crippen LogP contribution in [0, 0.1) is 18.3 Å². The van der Waals surface area contributed by atoms with Gasteiger partial charge in [0.2, 0.25) is 0 Å². The minimum Gasteiger partial charge on any atom is -0.365 e. The Bertz CT molecular complexity index is 441. The van der Waals surface area contributed by atoms with Crippen LogP contribution in [0.1, 0.15) is 31.0 Å². The van der Waals surface area contributed by atoms with Crippen molar-refractivity contribution in [1.29, 1.82) is 5.26 Å². The fourth-order valence-electron chi connectivity index (χ4n) is 2.21. The number of aromatic nitrogens is 1. The third-order valence-electron chi connectivity index (χ3n) is 3.22. The van der Waals surface area contributed by atoms with E-state index in [0.717, 1.165) is 37.4 Å². The molecule has 0 aliphatic carbocycles. The van der Waals surface area contributed by atoms with Gasteiger partial charge >= 0.3 is 0 Å². The summed E-state index contributed by atoms with van der Waals surface area (Å²) in [5, 5.41) is 15.8. The molecule has 1 aliphatic heterocycles. The molecule has 0 saturated carbocycles. The van der Waals surface area contributed by atoms with E-state index in [-0.39, 0.29) is 5.54 Å². The van der Waals surface area contributed by atoms with Gasteiger partial charge in [-0.25, -0.2) is 4.98 Å². The highest BCUT2D eigenvalue weighted by Crippen LogP contribution is 2.23. The highest BCUT2D eigenvalue weighted by Gasteiger charge is 2.26. The van der Waals surface area contributed by atoms with E-state index in [1.807, 2.05) is 13.0 Å². The summed E-state index contributed by atoms with van der Waals surface area (Å²) < 4.78 is 0. The highest BCUT2D eigenvalue weighted by atomic mass is 15.1. The van der Waals surface area contributed by atoms with Crippen LogP contribution in [0.15, 0.2) is 12.1 Å². The summed E-state index contributed by atoms with van der Waals surface area (Å²) in [6.45, 7) is 6.18. The molecule has 1 aromatic rings. The quantitative estimate of drug-likeness (QED) is 0.813. The Kier molecular flexibility index (Phi) is 3.30. The third-order valence-corrected chi connectivity index (χ3v) is 3.22. The van der Waals surface area contributed by atoms with Gasteiger partial charge in [-0.2, -0.15) is 5.26 Å². The van der Waals surface area contributed by atoms with E-state index in [0.29, 0.717) is 5.56 Å². The highest BCUT2D eigenvalue weighted by molar-refractivity contribution is 5.46. The first-order chi connectivity index (χ1) is 8.11. The van der Waals surface area contributed by atoms with Crippen LogP contribution in [0.25, 0.3) is 0 Å². The fourth-order valence-corrected chi connectivity index (χ4v) is 2.21. The van der Waals surface area contributed by atoms with Gasteiger partial charge in [0.1, 0.15) is 5.82 Å². The second-order valence-corrected chi connectivity index (χ2v) is 4.93. The molecule has 1 fully saturated rings. The zero-order chi connectivity index (χ0) is 12.3. The Morgan fingerprint density at radius 3 is 2.76 bits per heavy atom. The van der Waals surface area contributed by atoms with Crippen LogP contribution in [-0.4, -0.2) is 23.6 Å². The number of hydrogen-bond acceptors (Lipinski definition) is 4. The maximum atomic E-state index is 8.94. The summed E-state index contributed by atoms with van der Waals surface area (Å²) in [5.41, 5.74) is 1.63. The zero-order valence-corrected chi connectivity index (χ0v) is 10.4. The Balaban J connectivity index is 2.17. The summed E-state index contributed by atoms with van der Waals surface area (Å²) in [6, 6.07) is 5.79. The summed E-state index contributed by atoms with van der Waals surface area (Å²) in [7, 11) is 0. The van der Waals surface area contributed by atoms with Crippen molar-refractivity contribution in [3.63, 3.8) is 0 Å². The molecule has 2 rings (SSSR count). The second-order valence-electron chi connectivity index (χ2n) is 4.93. The van der Waals surface area contributed by atoms with E-state index in [4.69, 9.17) is 5.26 Å². The van der Waals surface area contributed by atoms with E-state index in [9.17, 15) is 0 Å². The van der Waals surface area contributed by atoms with Crippen molar-refractivity contribution in [3.8, 4) is 6.07 Å². The number of nitriles is 1. The lowest BCUT2D eigenvalue weighted by atomic mass is 9.90. The molecule has 90 valence electrons. The number of nitrogens with zero attached hydrogens (tertiary/aromatic N) is 2. The van der Waals surface area contributed by atoms with Crippen LogP contribution in [-0.2, 0) is 0 Å². The maximum Gasteiger partial charge on any atom is 0.127 e. The van der Waals surface area contributed by atoms with Crippen LogP contribution in [0.4, 0.5) is 5.82 Å². The average Bonchev–Trinajstić information content (AvgIpc) is 2.28. The lowest BCUT2D eigenvalue weighted by molar-refractivity contribution is 0.364. The SMILES string of the molecule is Cc1cc(C#N)cc(NC2(C)CCNCC2)n1. The molecule has 0 aromatic carbocycles. The molecule has 0 atom stereocenters. The average molecular weight is 230 g/mol. The predicted octanol–water partition coefficient (Wildman–Crippen LogP) is 1.82. The van der Waals surface area contributed by atoms with E-state index in [1.165, 1.54) is 0 Å². The van der Waals surface area contributed by atoms with Crippen molar-refractivity contribution in [2.24, 2.45) is 0 Å². The molecule has 1 aliphatic rings.